The molecule has 0 unspecified atom stereocenters. The first-order valence-corrected chi connectivity index (χ1v) is 4.46. The smallest absolute Gasteiger partial charge is 0.304 e. The fourth-order valence-corrected chi connectivity index (χ4v) is 1.08. The van der Waals surface area contributed by atoms with Crippen molar-refractivity contribution in [2.45, 2.75) is 6.42 Å². The van der Waals surface area contributed by atoms with Crippen molar-refractivity contribution in [1.29, 1.82) is 0 Å². The lowest BCUT2D eigenvalue weighted by atomic mass is 10.3. The second-order valence-electron chi connectivity index (χ2n) is 2.69. The van der Waals surface area contributed by atoms with Crippen LogP contribution >= 0.6 is 11.6 Å². The maximum absolute atomic E-state index is 11.1. The lowest BCUT2D eigenvalue weighted by molar-refractivity contribution is -0.384. The normalized spacial score (nSPS) is 9.25. The fraction of sp³-hybridized carbons (Fsp3) is 0.111. The van der Waals surface area contributed by atoms with Gasteiger partial charge in [-0.05, 0) is 6.07 Å². The summed E-state index contributed by atoms with van der Waals surface area (Å²) >= 11 is 5.56. The fourth-order valence-electron chi connectivity index (χ4n) is 0.936. The number of nitrogens with one attached hydrogen (secondary N) is 1. The molecule has 82 valence electrons. The third kappa shape index (κ3) is 2.93. The number of rotatable bonds is 3. The number of amides is 1. The van der Waals surface area contributed by atoms with Crippen molar-refractivity contribution >= 4 is 29.0 Å². The molecule has 1 amide bonds. The molecule has 0 bridgehead atoms. The predicted octanol–water partition coefficient (Wildman–Crippen LogP) is 1.60. The van der Waals surface area contributed by atoms with Crippen molar-refractivity contribution in [1.82, 2.24) is 4.98 Å². The van der Waals surface area contributed by atoms with E-state index in [0.717, 1.165) is 6.07 Å². The van der Waals surface area contributed by atoms with Gasteiger partial charge in [-0.25, -0.2) is 4.98 Å². The molecule has 0 saturated carbocycles. The average Bonchev–Trinajstić information content (AvgIpc) is 2.17. The van der Waals surface area contributed by atoms with Crippen LogP contribution in [0.1, 0.15) is 6.42 Å². The van der Waals surface area contributed by atoms with Gasteiger partial charge in [0.05, 0.1) is 11.3 Å². The molecule has 0 aliphatic heterocycles. The SMILES string of the molecule is C#CCC(=O)Nc1nc(Cl)ccc1[N+](=O)[O-]. The van der Waals surface area contributed by atoms with Gasteiger partial charge in [-0.15, -0.1) is 6.42 Å². The molecule has 1 aromatic heterocycles. The van der Waals surface area contributed by atoms with Gasteiger partial charge < -0.3 is 5.32 Å². The Balaban J connectivity index is 3.02. The first-order chi connectivity index (χ1) is 7.54. The van der Waals surface area contributed by atoms with Crippen LogP contribution in [-0.2, 0) is 4.79 Å². The van der Waals surface area contributed by atoms with Gasteiger partial charge in [0.1, 0.15) is 5.15 Å². The van der Waals surface area contributed by atoms with Crippen LogP contribution in [0.4, 0.5) is 11.5 Å². The number of nitro groups is 1. The minimum atomic E-state index is -0.672. The molecule has 0 aliphatic carbocycles. The molecule has 1 heterocycles. The van der Waals surface area contributed by atoms with E-state index < -0.39 is 10.8 Å². The van der Waals surface area contributed by atoms with Crippen molar-refractivity contribution in [2.75, 3.05) is 5.32 Å². The van der Waals surface area contributed by atoms with Crippen molar-refractivity contribution < 1.29 is 9.72 Å². The molecule has 0 spiro atoms. The number of carbonyl (C=O) groups is 1. The van der Waals surface area contributed by atoms with Crippen molar-refractivity contribution in [2.24, 2.45) is 0 Å². The Hall–Kier alpha value is -2.13. The highest BCUT2D eigenvalue weighted by Gasteiger charge is 2.17. The molecule has 0 atom stereocenters. The summed E-state index contributed by atoms with van der Waals surface area (Å²) in [6.07, 6.45) is 4.73. The Morgan fingerprint density at radius 1 is 1.69 bits per heavy atom. The summed E-state index contributed by atoms with van der Waals surface area (Å²) in [7, 11) is 0. The third-order valence-corrected chi connectivity index (χ3v) is 1.77. The van der Waals surface area contributed by atoms with E-state index in [2.05, 4.69) is 16.2 Å². The second kappa shape index (κ2) is 5.09. The Morgan fingerprint density at radius 2 is 2.38 bits per heavy atom. The lowest BCUT2D eigenvalue weighted by Gasteiger charge is -2.03. The molecule has 1 N–H and O–H groups in total. The lowest BCUT2D eigenvalue weighted by Crippen LogP contribution is -2.13. The van der Waals surface area contributed by atoms with Crippen LogP contribution in [-0.4, -0.2) is 15.8 Å². The minimum Gasteiger partial charge on any atom is -0.304 e. The van der Waals surface area contributed by atoms with E-state index in [-0.39, 0.29) is 23.1 Å². The second-order valence-corrected chi connectivity index (χ2v) is 3.08. The largest absolute Gasteiger partial charge is 0.311 e. The molecule has 0 radical (unpaired) electrons. The van der Waals surface area contributed by atoms with Gasteiger partial charge in [0.25, 0.3) is 0 Å². The maximum atomic E-state index is 11.1. The summed E-state index contributed by atoms with van der Waals surface area (Å²) in [4.78, 5) is 24.7. The van der Waals surface area contributed by atoms with Crippen LogP contribution in [0.15, 0.2) is 12.1 Å². The molecule has 16 heavy (non-hydrogen) atoms. The quantitative estimate of drug-likeness (QED) is 0.376. The number of hydrogen-bond donors (Lipinski definition) is 1. The number of anilines is 1. The summed E-state index contributed by atoms with van der Waals surface area (Å²) in [6.45, 7) is 0. The summed E-state index contributed by atoms with van der Waals surface area (Å²) in [5.41, 5.74) is -0.338. The molecular weight excluding hydrogens is 234 g/mol. The van der Waals surface area contributed by atoms with Gasteiger partial charge in [0.2, 0.25) is 11.7 Å². The van der Waals surface area contributed by atoms with Crippen LogP contribution in [0, 0.1) is 22.5 Å². The predicted molar refractivity (Wildman–Crippen MR) is 58.0 cm³/mol. The van der Waals surface area contributed by atoms with Crippen LogP contribution in [0.3, 0.4) is 0 Å². The monoisotopic (exact) mass is 239 g/mol. The molecule has 1 aromatic rings. The van der Waals surface area contributed by atoms with Gasteiger partial charge in [-0.2, -0.15) is 0 Å². The van der Waals surface area contributed by atoms with E-state index >= 15 is 0 Å². The van der Waals surface area contributed by atoms with E-state index in [0.29, 0.717) is 0 Å². The summed E-state index contributed by atoms with van der Waals surface area (Å²) in [5.74, 6) is 1.34. The zero-order valence-electron chi connectivity index (χ0n) is 7.94. The van der Waals surface area contributed by atoms with Gasteiger partial charge in [-0.1, -0.05) is 17.5 Å². The topological polar surface area (TPSA) is 85.1 Å². The first kappa shape index (κ1) is 11.9. The number of carbonyl (C=O) groups excluding carboxylic acids is 1. The molecule has 0 fully saturated rings. The molecule has 0 aliphatic rings. The van der Waals surface area contributed by atoms with Gasteiger partial charge in [-0.3, -0.25) is 14.9 Å². The Morgan fingerprint density at radius 3 is 2.94 bits per heavy atom. The standard InChI is InChI=1S/C9H6ClN3O3/c1-2-3-8(14)12-9-6(13(15)16)4-5-7(10)11-9/h1,4-5H,3H2,(H,11,12,14). The van der Waals surface area contributed by atoms with Crippen LogP contribution < -0.4 is 5.32 Å². The van der Waals surface area contributed by atoms with Crippen molar-refractivity contribution in [3.05, 3.63) is 27.4 Å². The van der Waals surface area contributed by atoms with Crippen LogP contribution in [0.25, 0.3) is 0 Å². The van der Waals surface area contributed by atoms with E-state index in [1.807, 2.05) is 0 Å². The summed E-state index contributed by atoms with van der Waals surface area (Å²) in [5, 5.41) is 12.9. The summed E-state index contributed by atoms with van der Waals surface area (Å²) < 4.78 is 0. The number of halogens is 1. The van der Waals surface area contributed by atoms with Gasteiger partial charge >= 0.3 is 5.69 Å². The molecule has 7 heteroatoms. The highest BCUT2D eigenvalue weighted by Crippen LogP contribution is 2.23. The minimum absolute atomic E-state index is 0.0432. The molecule has 0 saturated heterocycles. The number of hydrogen-bond acceptors (Lipinski definition) is 4. The molecular formula is C9H6ClN3O3. The highest BCUT2D eigenvalue weighted by atomic mass is 35.5. The van der Waals surface area contributed by atoms with E-state index in [1.54, 1.807) is 0 Å². The van der Waals surface area contributed by atoms with Gasteiger partial charge in [0, 0.05) is 6.07 Å². The van der Waals surface area contributed by atoms with Crippen molar-refractivity contribution in [3.63, 3.8) is 0 Å². The number of pyridine rings is 1. The van der Waals surface area contributed by atoms with E-state index in [1.165, 1.54) is 6.07 Å². The van der Waals surface area contributed by atoms with Crippen LogP contribution in [0.5, 0.6) is 0 Å². The number of nitrogens with zero attached hydrogens (tertiary/aromatic N) is 2. The zero-order valence-corrected chi connectivity index (χ0v) is 8.69. The summed E-state index contributed by atoms with van der Waals surface area (Å²) in [6, 6.07) is 2.41. The maximum Gasteiger partial charge on any atom is 0.311 e. The Bertz CT molecular complexity index is 481. The first-order valence-electron chi connectivity index (χ1n) is 4.09. The molecule has 1 rings (SSSR count). The number of terminal acetylenes is 1. The van der Waals surface area contributed by atoms with Gasteiger partial charge in [0.15, 0.2) is 0 Å². The average molecular weight is 240 g/mol. The third-order valence-electron chi connectivity index (χ3n) is 1.56. The van der Waals surface area contributed by atoms with Crippen LogP contribution in [0.2, 0.25) is 5.15 Å². The Labute approximate surface area is 95.8 Å². The zero-order chi connectivity index (χ0) is 12.1. The van der Waals surface area contributed by atoms with E-state index in [9.17, 15) is 14.9 Å². The molecule has 6 nitrogen and oxygen atoms in total. The van der Waals surface area contributed by atoms with E-state index in [4.69, 9.17) is 18.0 Å². The molecule has 0 aromatic carbocycles. The highest BCUT2D eigenvalue weighted by molar-refractivity contribution is 6.29. The number of aromatic nitrogens is 1. The Kier molecular flexibility index (Phi) is 3.80. The van der Waals surface area contributed by atoms with Crippen molar-refractivity contribution in [3.8, 4) is 12.3 Å².